The molecule has 0 heterocycles. The lowest BCUT2D eigenvalue weighted by molar-refractivity contribution is 0.285. The average Bonchev–Trinajstić information content (AvgIpc) is 3.01. The summed E-state index contributed by atoms with van der Waals surface area (Å²) in [6.07, 6.45) is 28.1. The highest BCUT2D eigenvalue weighted by Gasteiger charge is 2.41. The predicted octanol–water partition coefficient (Wildman–Crippen LogP) is 14.9. The molecule has 0 aromatic rings. The molecule has 1 heteroatoms. The highest BCUT2D eigenvalue weighted by molar-refractivity contribution is 5.51. The van der Waals surface area contributed by atoms with Crippen LogP contribution >= 0.6 is 0 Å². The lowest BCUT2D eigenvalue weighted by atomic mass is 9.60. The van der Waals surface area contributed by atoms with Gasteiger partial charge in [0, 0.05) is 12.2 Å². The Balaban J connectivity index is 0. The summed E-state index contributed by atoms with van der Waals surface area (Å²) in [5, 5.41) is 3.72. The first kappa shape index (κ1) is 45.4. The zero-order valence-corrected chi connectivity index (χ0v) is 33.6. The van der Waals surface area contributed by atoms with Gasteiger partial charge in [-0.05, 0) is 97.3 Å². The zero-order chi connectivity index (χ0) is 35.1. The van der Waals surface area contributed by atoms with Crippen LogP contribution in [-0.2, 0) is 0 Å². The summed E-state index contributed by atoms with van der Waals surface area (Å²) in [5.74, 6) is 1.28. The third-order valence-electron chi connectivity index (χ3n) is 9.53. The third-order valence-corrected chi connectivity index (χ3v) is 9.53. The largest absolute Gasteiger partial charge is 0.385 e. The number of nitrogens with one attached hydrogen (secondary N) is 1. The molecule has 0 saturated heterocycles. The Morgan fingerprint density at radius 1 is 0.867 bits per heavy atom. The molecule has 1 atom stereocenters. The Labute approximate surface area is 285 Å². The lowest BCUT2D eigenvalue weighted by Gasteiger charge is -2.45. The first-order valence-corrected chi connectivity index (χ1v) is 19.2. The maximum Gasteiger partial charge on any atom is 0.0332 e. The fourth-order valence-electron chi connectivity index (χ4n) is 5.62. The second-order valence-electron chi connectivity index (χ2n) is 14.3. The molecule has 1 aliphatic rings. The minimum Gasteiger partial charge on any atom is -0.385 e. The molecule has 1 N–H and O–H groups in total. The first-order chi connectivity index (χ1) is 21.3. The average molecular weight is 624 g/mol. The van der Waals surface area contributed by atoms with Crippen LogP contribution in [0.4, 0.5) is 0 Å². The van der Waals surface area contributed by atoms with E-state index in [1.54, 1.807) is 11.1 Å². The minimum atomic E-state index is 0.207. The van der Waals surface area contributed by atoms with E-state index in [0.29, 0.717) is 17.3 Å². The number of hydrogen-bond acceptors (Lipinski definition) is 1. The standard InChI is InChI=1S/C23H41N.C19H34.C2H6/c1-7-11-12-13-14-17-24-22(8-2)20-18-23(9-3,10-4)21(20)16-15-19(5)6;1-9-15(4)12-13-18(19(6,7)8)14-17(11-3)16(5)10-2;1-2/h8,15-16,19,24H,7,9-14,17-18H2,1-6H3;12-15H,9-11H2,1-8H3;1-2H3/b16-15+,22-8+;13-12+,17-16-,18-14+;. The maximum absolute atomic E-state index is 3.72. The molecule has 0 saturated carbocycles. The molecule has 0 aromatic carbocycles. The van der Waals surface area contributed by atoms with Crippen molar-refractivity contribution in [1.29, 1.82) is 0 Å². The smallest absolute Gasteiger partial charge is 0.0332 e. The second-order valence-corrected chi connectivity index (χ2v) is 14.3. The monoisotopic (exact) mass is 624 g/mol. The van der Waals surface area contributed by atoms with E-state index in [1.807, 2.05) is 13.8 Å². The molecule has 1 aliphatic carbocycles. The minimum absolute atomic E-state index is 0.207. The molecule has 0 spiro atoms. The molecular weight excluding hydrogens is 542 g/mol. The first-order valence-electron chi connectivity index (χ1n) is 19.2. The molecular formula is C44H81N. The van der Waals surface area contributed by atoms with E-state index in [2.05, 4.69) is 139 Å². The summed E-state index contributed by atoms with van der Waals surface area (Å²) in [6.45, 7) is 37.0. The van der Waals surface area contributed by atoms with Crippen LogP contribution < -0.4 is 5.32 Å². The predicted molar refractivity (Wildman–Crippen MR) is 210 cm³/mol. The van der Waals surface area contributed by atoms with E-state index in [0.717, 1.165) is 19.4 Å². The molecule has 1 unspecified atom stereocenters. The van der Waals surface area contributed by atoms with Crippen LogP contribution in [0.1, 0.15) is 181 Å². The zero-order valence-electron chi connectivity index (χ0n) is 33.6. The van der Waals surface area contributed by atoms with E-state index < -0.39 is 0 Å². The van der Waals surface area contributed by atoms with Gasteiger partial charge in [0.25, 0.3) is 0 Å². The molecule has 0 fully saturated rings. The Morgan fingerprint density at radius 2 is 1.47 bits per heavy atom. The fourth-order valence-corrected chi connectivity index (χ4v) is 5.62. The Hall–Kier alpha value is -1.76. The number of hydrogen-bond donors (Lipinski definition) is 1. The summed E-state index contributed by atoms with van der Waals surface area (Å²) >= 11 is 0. The normalized spacial score (nSPS) is 16.6. The SMILES string of the molecule is C/C=C(/NCCCCCCC)C1=C(/C=C/C(C)C)C(CC)(CC)C1.CC.CC\C(C)=C(/C=C(\C=C\C(C)CC)C(C)(C)C)CC. The van der Waals surface area contributed by atoms with Crippen LogP contribution in [0.15, 0.2) is 70.0 Å². The van der Waals surface area contributed by atoms with Crippen molar-refractivity contribution in [3.05, 3.63) is 70.0 Å². The van der Waals surface area contributed by atoms with Gasteiger partial charge in [0.15, 0.2) is 0 Å². The maximum atomic E-state index is 3.72. The highest BCUT2D eigenvalue weighted by atomic mass is 14.9. The summed E-state index contributed by atoms with van der Waals surface area (Å²) < 4.78 is 0. The number of allylic oxidation sites excluding steroid dienone is 11. The molecule has 0 amide bonds. The fraction of sp³-hybridized carbons (Fsp3) is 0.727. The molecule has 0 aromatic heterocycles. The van der Waals surface area contributed by atoms with Crippen molar-refractivity contribution in [2.75, 3.05) is 6.54 Å². The van der Waals surface area contributed by atoms with Crippen molar-refractivity contribution in [1.82, 2.24) is 5.32 Å². The Morgan fingerprint density at radius 3 is 1.91 bits per heavy atom. The van der Waals surface area contributed by atoms with E-state index in [1.165, 1.54) is 80.2 Å². The summed E-state index contributed by atoms with van der Waals surface area (Å²) in [5.41, 5.74) is 9.61. The number of rotatable bonds is 18. The van der Waals surface area contributed by atoms with Crippen molar-refractivity contribution in [2.24, 2.45) is 22.7 Å². The molecule has 0 radical (unpaired) electrons. The van der Waals surface area contributed by atoms with Gasteiger partial charge in [-0.1, -0.05) is 171 Å². The van der Waals surface area contributed by atoms with Crippen LogP contribution in [-0.4, -0.2) is 6.54 Å². The number of unbranched alkanes of at least 4 members (excludes halogenated alkanes) is 4. The van der Waals surface area contributed by atoms with E-state index >= 15 is 0 Å². The van der Waals surface area contributed by atoms with Crippen LogP contribution in [0.5, 0.6) is 0 Å². The Kier molecular flexibility index (Phi) is 25.5. The van der Waals surface area contributed by atoms with Crippen LogP contribution in [0.25, 0.3) is 0 Å². The van der Waals surface area contributed by atoms with Gasteiger partial charge in [-0.2, -0.15) is 0 Å². The summed E-state index contributed by atoms with van der Waals surface area (Å²) in [6, 6.07) is 0. The van der Waals surface area contributed by atoms with E-state index in [4.69, 9.17) is 0 Å². The van der Waals surface area contributed by atoms with Gasteiger partial charge in [-0.15, -0.1) is 0 Å². The van der Waals surface area contributed by atoms with E-state index in [9.17, 15) is 0 Å². The summed E-state index contributed by atoms with van der Waals surface area (Å²) in [4.78, 5) is 0. The van der Waals surface area contributed by atoms with Crippen molar-refractivity contribution in [3.63, 3.8) is 0 Å². The van der Waals surface area contributed by atoms with Gasteiger partial charge in [0.05, 0.1) is 0 Å². The molecule has 1 nitrogen and oxygen atoms in total. The molecule has 0 bridgehead atoms. The summed E-state index contributed by atoms with van der Waals surface area (Å²) in [7, 11) is 0. The van der Waals surface area contributed by atoms with Gasteiger partial charge in [-0.3, -0.25) is 0 Å². The second kappa shape index (κ2) is 25.3. The van der Waals surface area contributed by atoms with Gasteiger partial charge in [0.2, 0.25) is 0 Å². The van der Waals surface area contributed by atoms with Gasteiger partial charge < -0.3 is 5.32 Å². The quantitative estimate of drug-likeness (QED) is 0.118. The molecule has 45 heavy (non-hydrogen) atoms. The van der Waals surface area contributed by atoms with Gasteiger partial charge in [-0.25, -0.2) is 0 Å². The van der Waals surface area contributed by atoms with E-state index in [-0.39, 0.29) is 5.41 Å². The van der Waals surface area contributed by atoms with Gasteiger partial charge in [0.1, 0.15) is 0 Å². The van der Waals surface area contributed by atoms with Crippen molar-refractivity contribution in [2.45, 2.75) is 181 Å². The lowest BCUT2D eigenvalue weighted by Crippen LogP contribution is -2.35. The van der Waals surface area contributed by atoms with Crippen molar-refractivity contribution >= 4 is 0 Å². The van der Waals surface area contributed by atoms with Crippen LogP contribution in [0.3, 0.4) is 0 Å². The molecule has 1 rings (SSSR count). The topological polar surface area (TPSA) is 12.0 Å². The van der Waals surface area contributed by atoms with Crippen molar-refractivity contribution < 1.29 is 0 Å². The van der Waals surface area contributed by atoms with Gasteiger partial charge >= 0.3 is 0 Å². The Bertz CT molecular complexity index is 949. The van der Waals surface area contributed by atoms with Crippen LogP contribution in [0, 0.1) is 22.7 Å². The van der Waals surface area contributed by atoms with Crippen LogP contribution in [0.2, 0.25) is 0 Å². The molecule has 262 valence electrons. The third kappa shape index (κ3) is 17.1. The van der Waals surface area contributed by atoms with Crippen molar-refractivity contribution in [3.8, 4) is 0 Å². The highest BCUT2D eigenvalue weighted by Crippen LogP contribution is 2.54. The molecule has 0 aliphatic heterocycles.